The van der Waals surface area contributed by atoms with Gasteiger partial charge in [-0.25, -0.2) is 0 Å². The van der Waals surface area contributed by atoms with E-state index in [4.69, 9.17) is 14.2 Å². The van der Waals surface area contributed by atoms with Gasteiger partial charge in [-0.1, -0.05) is 12.1 Å². The molecule has 0 bridgehead atoms. The monoisotopic (exact) mass is 356 g/mol. The maximum Gasteiger partial charge on any atom is 0.164 e. The van der Waals surface area contributed by atoms with Gasteiger partial charge in [-0.15, -0.1) is 4.91 Å². The molecule has 7 heteroatoms. The maximum atomic E-state index is 10.6. The molecule has 0 fully saturated rings. The van der Waals surface area contributed by atoms with E-state index in [2.05, 4.69) is 9.55 Å². The first-order valence-electron chi connectivity index (χ1n) is 7.40. The molecule has 0 aliphatic heterocycles. The normalized spacial score (nSPS) is 10.4. The SMILES string of the molecule is COc1cc(OC)c(-c2sncc2-c2ccc(N=O)cc2)cc1OC. The second-order valence-electron chi connectivity index (χ2n) is 5.11. The summed E-state index contributed by atoms with van der Waals surface area (Å²) in [7, 11) is 4.78. The lowest BCUT2D eigenvalue weighted by Gasteiger charge is -2.14. The second kappa shape index (κ2) is 7.31. The van der Waals surface area contributed by atoms with Crippen molar-refractivity contribution < 1.29 is 14.2 Å². The zero-order valence-electron chi connectivity index (χ0n) is 14.0. The summed E-state index contributed by atoms with van der Waals surface area (Å²) in [5.41, 5.74) is 3.12. The summed E-state index contributed by atoms with van der Waals surface area (Å²) < 4.78 is 20.6. The van der Waals surface area contributed by atoms with Crippen LogP contribution in [0, 0.1) is 4.91 Å². The van der Waals surface area contributed by atoms with Gasteiger partial charge in [0, 0.05) is 23.4 Å². The minimum absolute atomic E-state index is 0.386. The van der Waals surface area contributed by atoms with E-state index in [1.807, 2.05) is 18.2 Å². The van der Waals surface area contributed by atoms with Crippen LogP contribution in [0.4, 0.5) is 5.69 Å². The molecule has 0 unspecified atom stereocenters. The molecule has 6 nitrogen and oxygen atoms in total. The number of hydrogen-bond acceptors (Lipinski definition) is 7. The first-order valence-corrected chi connectivity index (χ1v) is 8.18. The van der Waals surface area contributed by atoms with Crippen LogP contribution in [0.15, 0.2) is 47.8 Å². The van der Waals surface area contributed by atoms with Gasteiger partial charge >= 0.3 is 0 Å². The smallest absolute Gasteiger partial charge is 0.164 e. The van der Waals surface area contributed by atoms with E-state index in [9.17, 15) is 4.91 Å². The number of aromatic nitrogens is 1. The van der Waals surface area contributed by atoms with Crippen molar-refractivity contribution in [2.24, 2.45) is 5.18 Å². The summed E-state index contributed by atoms with van der Waals surface area (Å²) in [5.74, 6) is 1.86. The fourth-order valence-electron chi connectivity index (χ4n) is 2.55. The minimum atomic E-state index is 0.386. The quantitative estimate of drug-likeness (QED) is 0.588. The molecule has 3 rings (SSSR count). The summed E-state index contributed by atoms with van der Waals surface area (Å²) in [5, 5.41) is 2.93. The molecule has 0 aliphatic rings. The van der Waals surface area contributed by atoms with Crippen molar-refractivity contribution in [1.29, 1.82) is 0 Å². The molecule has 0 radical (unpaired) electrons. The highest BCUT2D eigenvalue weighted by molar-refractivity contribution is 7.10. The molecular formula is C18H16N2O4S. The Morgan fingerprint density at radius 1 is 0.880 bits per heavy atom. The standard InChI is InChI=1S/C18H16N2O4S/c1-22-15-9-17(24-3)16(23-2)8-13(15)18-14(10-19-25-18)11-4-6-12(20-21)7-5-11/h4-10H,1-3H3. The van der Waals surface area contributed by atoms with Crippen LogP contribution in [0.5, 0.6) is 17.2 Å². The fourth-order valence-corrected chi connectivity index (χ4v) is 3.34. The van der Waals surface area contributed by atoms with Gasteiger partial charge in [-0.05, 0) is 40.5 Å². The highest BCUT2D eigenvalue weighted by atomic mass is 32.1. The Labute approximate surface area is 149 Å². The van der Waals surface area contributed by atoms with Gasteiger partial charge in [0.15, 0.2) is 11.5 Å². The number of nitrogens with zero attached hydrogens (tertiary/aromatic N) is 2. The molecule has 0 atom stereocenters. The van der Waals surface area contributed by atoms with Crippen LogP contribution in [0.2, 0.25) is 0 Å². The zero-order valence-corrected chi connectivity index (χ0v) is 14.8. The van der Waals surface area contributed by atoms with Crippen molar-refractivity contribution in [3.8, 4) is 38.8 Å². The molecule has 0 saturated carbocycles. The van der Waals surface area contributed by atoms with Crippen LogP contribution < -0.4 is 14.2 Å². The lowest BCUT2D eigenvalue weighted by atomic mass is 10.0. The summed E-state index contributed by atoms with van der Waals surface area (Å²) in [6.45, 7) is 0. The Hall–Kier alpha value is -2.93. The number of hydrogen-bond donors (Lipinski definition) is 0. The Kier molecular flexibility index (Phi) is 4.95. The van der Waals surface area contributed by atoms with Crippen molar-refractivity contribution >= 4 is 17.2 Å². The van der Waals surface area contributed by atoms with Gasteiger partial charge in [-0.2, -0.15) is 4.37 Å². The molecule has 0 spiro atoms. The van der Waals surface area contributed by atoms with Crippen molar-refractivity contribution in [3.63, 3.8) is 0 Å². The van der Waals surface area contributed by atoms with Gasteiger partial charge in [0.25, 0.3) is 0 Å². The average Bonchev–Trinajstić information content (AvgIpc) is 3.16. The molecule has 0 aliphatic carbocycles. The molecule has 3 aromatic rings. The second-order valence-corrected chi connectivity index (χ2v) is 5.92. The maximum absolute atomic E-state index is 10.6. The first-order chi connectivity index (χ1) is 12.2. The summed E-state index contributed by atoms with van der Waals surface area (Å²) in [6.07, 6.45) is 1.79. The van der Waals surface area contributed by atoms with E-state index in [1.165, 1.54) is 11.5 Å². The number of rotatable bonds is 6. The van der Waals surface area contributed by atoms with Crippen LogP contribution in [0.1, 0.15) is 0 Å². The predicted octanol–water partition coefficient (Wildman–Crippen LogP) is 4.90. The van der Waals surface area contributed by atoms with Crippen molar-refractivity contribution in [1.82, 2.24) is 4.37 Å². The number of benzene rings is 2. The predicted molar refractivity (Wildman–Crippen MR) is 98.1 cm³/mol. The largest absolute Gasteiger partial charge is 0.496 e. The lowest BCUT2D eigenvalue weighted by Crippen LogP contribution is -1.94. The molecule has 1 aromatic heterocycles. The van der Waals surface area contributed by atoms with Crippen LogP contribution in [-0.4, -0.2) is 25.7 Å². The van der Waals surface area contributed by atoms with E-state index in [-0.39, 0.29) is 0 Å². The van der Waals surface area contributed by atoms with Gasteiger partial charge in [0.2, 0.25) is 0 Å². The van der Waals surface area contributed by atoms with E-state index >= 15 is 0 Å². The average molecular weight is 356 g/mol. The van der Waals surface area contributed by atoms with Gasteiger partial charge in [0.05, 0.1) is 26.2 Å². The van der Waals surface area contributed by atoms with E-state index in [1.54, 1.807) is 45.7 Å². The van der Waals surface area contributed by atoms with Crippen LogP contribution in [0.25, 0.3) is 21.6 Å². The Morgan fingerprint density at radius 2 is 1.52 bits per heavy atom. The van der Waals surface area contributed by atoms with Crippen molar-refractivity contribution in [2.75, 3.05) is 21.3 Å². The summed E-state index contributed by atoms with van der Waals surface area (Å²) in [6, 6.07) is 10.7. The first kappa shape index (κ1) is 16.9. The molecule has 128 valence electrons. The Balaban J connectivity index is 2.14. The number of nitroso groups, excluding NO2 is 1. The van der Waals surface area contributed by atoms with Gasteiger partial charge in [-0.3, -0.25) is 0 Å². The highest BCUT2D eigenvalue weighted by Gasteiger charge is 2.18. The van der Waals surface area contributed by atoms with Crippen molar-refractivity contribution in [3.05, 3.63) is 47.5 Å². The molecule has 0 amide bonds. The molecule has 0 N–H and O–H groups in total. The number of ether oxygens (including phenoxy) is 3. The lowest BCUT2D eigenvalue weighted by molar-refractivity contribution is 0.349. The van der Waals surface area contributed by atoms with Crippen LogP contribution in [0.3, 0.4) is 0 Å². The topological polar surface area (TPSA) is 70.0 Å². The van der Waals surface area contributed by atoms with E-state index < -0.39 is 0 Å². The Bertz CT molecular complexity index is 891. The van der Waals surface area contributed by atoms with Crippen molar-refractivity contribution in [2.45, 2.75) is 0 Å². The van der Waals surface area contributed by atoms with Crippen LogP contribution in [-0.2, 0) is 0 Å². The fraction of sp³-hybridized carbons (Fsp3) is 0.167. The van der Waals surface area contributed by atoms with Crippen LogP contribution >= 0.6 is 11.5 Å². The number of methoxy groups -OCH3 is 3. The third kappa shape index (κ3) is 3.18. The molecule has 25 heavy (non-hydrogen) atoms. The van der Waals surface area contributed by atoms with Gasteiger partial charge in [0.1, 0.15) is 11.4 Å². The summed E-state index contributed by atoms with van der Waals surface area (Å²) in [4.78, 5) is 11.5. The van der Waals surface area contributed by atoms with E-state index in [0.29, 0.717) is 22.9 Å². The van der Waals surface area contributed by atoms with Gasteiger partial charge < -0.3 is 14.2 Å². The third-order valence-corrected chi connectivity index (χ3v) is 4.64. The highest BCUT2D eigenvalue weighted by Crippen LogP contribution is 2.45. The minimum Gasteiger partial charge on any atom is -0.496 e. The third-order valence-electron chi connectivity index (χ3n) is 3.80. The molecule has 0 saturated heterocycles. The molecular weight excluding hydrogens is 340 g/mol. The Morgan fingerprint density at radius 3 is 2.12 bits per heavy atom. The summed E-state index contributed by atoms with van der Waals surface area (Å²) >= 11 is 1.36. The molecule has 1 heterocycles. The van der Waals surface area contributed by atoms with E-state index in [0.717, 1.165) is 21.6 Å². The molecule has 2 aromatic carbocycles. The zero-order chi connectivity index (χ0) is 17.8.